The lowest BCUT2D eigenvalue weighted by molar-refractivity contribution is 0.259. The largest absolute Gasteiger partial charge is 0.398 e. The predicted octanol–water partition coefficient (Wildman–Crippen LogP) is 2.04. The topological polar surface area (TPSA) is 92.4 Å². The van der Waals surface area contributed by atoms with E-state index >= 15 is 0 Å². The van der Waals surface area contributed by atoms with Gasteiger partial charge in [-0.2, -0.15) is 0 Å². The van der Waals surface area contributed by atoms with Crippen molar-refractivity contribution >= 4 is 31.6 Å². The summed E-state index contributed by atoms with van der Waals surface area (Å²) < 4.78 is 27.9. The van der Waals surface area contributed by atoms with Crippen molar-refractivity contribution < 1.29 is 13.5 Å². The summed E-state index contributed by atoms with van der Waals surface area (Å²) in [5.41, 5.74) is 6.56. The molecule has 21 heavy (non-hydrogen) atoms. The van der Waals surface area contributed by atoms with Crippen LogP contribution >= 0.6 is 15.9 Å². The fourth-order valence-corrected chi connectivity index (χ4v) is 3.77. The van der Waals surface area contributed by atoms with Crippen molar-refractivity contribution in [3.8, 4) is 0 Å². The van der Waals surface area contributed by atoms with Crippen LogP contribution in [0.25, 0.3) is 0 Å². The minimum Gasteiger partial charge on any atom is -0.398 e. The molecule has 112 valence electrons. The second-order valence-corrected chi connectivity index (χ2v) is 7.05. The smallest absolute Gasteiger partial charge is 0.243 e. The zero-order valence-electron chi connectivity index (χ0n) is 11.0. The van der Waals surface area contributed by atoms with E-state index < -0.39 is 16.1 Å². The minimum absolute atomic E-state index is 0.0220. The highest BCUT2D eigenvalue weighted by Gasteiger charge is 2.23. The molecule has 0 aliphatic carbocycles. The number of hydrogen-bond acceptors (Lipinski definition) is 4. The third-order valence-electron chi connectivity index (χ3n) is 2.95. The van der Waals surface area contributed by atoms with E-state index in [1.54, 1.807) is 30.3 Å². The number of aliphatic hydroxyl groups excluding tert-OH is 1. The van der Waals surface area contributed by atoms with Gasteiger partial charge in [-0.25, -0.2) is 13.1 Å². The number of benzene rings is 2. The van der Waals surface area contributed by atoms with Gasteiger partial charge >= 0.3 is 0 Å². The van der Waals surface area contributed by atoms with E-state index in [0.717, 1.165) is 0 Å². The van der Waals surface area contributed by atoms with Crippen molar-refractivity contribution in [1.82, 2.24) is 4.72 Å². The molecule has 0 saturated carbocycles. The van der Waals surface area contributed by atoms with Crippen LogP contribution in [0.4, 0.5) is 5.69 Å². The van der Waals surface area contributed by atoms with Crippen molar-refractivity contribution in [3.63, 3.8) is 0 Å². The Kier molecular flexibility index (Phi) is 5.00. The number of nitrogens with one attached hydrogen (secondary N) is 1. The van der Waals surface area contributed by atoms with Gasteiger partial charge in [0.05, 0.1) is 18.3 Å². The molecule has 2 aromatic carbocycles. The van der Waals surface area contributed by atoms with Gasteiger partial charge in [0.25, 0.3) is 0 Å². The second-order valence-electron chi connectivity index (χ2n) is 4.45. The molecule has 0 saturated heterocycles. The maximum Gasteiger partial charge on any atom is 0.243 e. The highest BCUT2D eigenvalue weighted by atomic mass is 79.9. The fraction of sp³-hybridized carbons (Fsp3) is 0.143. The third-order valence-corrected chi connectivity index (χ3v) is 4.97. The standard InChI is InChI=1S/C14H15BrN2O3S/c15-11-6-7-12(16)14(8-11)21(19,20)17-13(9-18)10-4-2-1-3-5-10/h1-8,13,17-18H,9,16H2/t13-/m1/s1. The Morgan fingerprint density at radius 3 is 2.48 bits per heavy atom. The van der Waals surface area contributed by atoms with E-state index in [1.807, 2.05) is 6.07 Å². The van der Waals surface area contributed by atoms with Gasteiger partial charge in [-0.1, -0.05) is 46.3 Å². The van der Waals surface area contributed by atoms with Crippen LogP contribution in [-0.2, 0) is 10.0 Å². The molecule has 0 aromatic heterocycles. The molecule has 0 fully saturated rings. The zero-order valence-corrected chi connectivity index (χ0v) is 13.4. The van der Waals surface area contributed by atoms with E-state index in [9.17, 15) is 13.5 Å². The minimum atomic E-state index is -3.84. The fourth-order valence-electron chi connectivity index (χ4n) is 1.89. The van der Waals surface area contributed by atoms with Crippen molar-refractivity contribution in [2.75, 3.05) is 12.3 Å². The summed E-state index contributed by atoms with van der Waals surface area (Å²) in [5.74, 6) is 0. The van der Waals surface area contributed by atoms with E-state index in [2.05, 4.69) is 20.7 Å². The lowest BCUT2D eigenvalue weighted by atomic mass is 10.1. The molecule has 0 heterocycles. The Bertz CT molecular complexity index is 720. The summed E-state index contributed by atoms with van der Waals surface area (Å²) in [5, 5.41) is 9.45. The van der Waals surface area contributed by atoms with Gasteiger partial charge in [0.1, 0.15) is 4.90 Å². The molecule has 0 radical (unpaired) electrons. The van der Waals surface area contributed by atoms with Crippen molar-refractivity contribution in [1.29, 1.82) is 0 Å². The van der Waals surface area contributed by atoms with E-state index in [4.69, 9.17) is 5.73 Å². The van der Waals surface area contributed by atoms with Crippen LogP contribution in [0.2, 0.25) is 0 Å². The average Bonchev–Trinajstić information content (AvgIpc) is 2.48. The summed E-state index contributed by atoms with van der Waals surface area (Å²) in [7, 11) is -3.84. The number of aliphatic hydroxyl groups is 1. The molecule has 0 aliphatic rings. The number of halogens is 1. The molecule has 0 spiro atoms. The van der Waals surface area contributed by atoms with Crippen LogP contribution in [-0.4, -0.2) is 20.1 Å². The normalized spacial score (nSPS) is 13.0. The first-order valence-electron chi connectivity index (χ1n) is 6.17. The monoisotopic (exact) mass is 370 g/mol. The SMILES string of the molecule is Nc1ccc(Br)cc1S(=O)(=O)N[C@H](CO)c1ccccc1. The highest BCUT2D eigenvalue weighted by Crippen LogP contribution is 2.24. The molecule has 2 aromatic rings. The maximum absolute atomic E-state index is 12.4. The number of anilines is 1. The second kappa shape index (κ2) is 6.57. The molecule has 0 amide bonds. The first-order valence-corrected chi connectivity index (χ1v) is 8.45. The Morgan fingerprint density at radius 2 is 1.86 bits per heavy atom. The number of nitrogens with two attached hydrogens (primary N) is 1. The van der Waals surface area contributed by atoms with Gasteiger partial charge in [0.15, 0.2) is 0 Å². The summed E-state index contributed by atoms with van der Waals surface area (Å²) in [4.78, 5) is -0.0220. The van der Waals surface area contributed by atoms with Crippen LogP contribution in [0.15, 0.2) is 57.9 Å². The Labute approximate surface area is 132 Å². The van der Waals surface area contributed by atoms with Gasteiger partial charge in [-0.3, -0.25) is 0 Å². The third kappa shape index (κ3) is 3.82. The van der Waals surface area contributed by atoms with Gasteiger partial charge in [0.2, 0.25) is 10.0 Å². The predicted molar refractivity (Wildman–Crippen MR) is 85.1 cm³/mol. The Morgan fingerprint density at radius 1 is 1.19 bits per heavy atom. The summed E-state index contributed by atoms with van der Waals surface area (Å²) >= 11 is 3.22. The van der Waals surface area contributed by atoms with Crippen LogP contribution in [0.3, 0.4) is 0 Å². The van der Waals surface area contributed by atoms with Gasteiger partial charge in [0, 0.05) is 4.47 Å². The molecule has 2 rings (SSSR count). The van der Waals surface area contributed by atoms with Crippen LogP contribution in [0.1, 0.15) is 11.6 Å². The zero-order chi connectivity index (χ0) is 15.5. The van der Waals surface area contributed by atoms with Crippen molar-refractivity contribution in [2.45, 2.75) is 10.9 Å². The first-order chi connectivity index (χ1) is 9.94. The quantitative estimate of drug-likeness (QED) is 0.702. The number of rotatable bonds is 5. The van der Waals surface area contributed by atoms with Crippen LogP contribution in [0.5, 0.6) is 0 Å². The lowest BCUT2D eigenvalue weighted by Crippen LogP contribution is -2.31. The summed E-state index contributed by atoms with van der Waals surface area (Å²) in [6.45, 7) is -0.350. The van der Waals surface area contributed by atoms with Crippen LogP contribution < -0.4 is 10.5 Å². The Hall–Kier alpha value is -1.41. The molecule has 4 N–H and O–H groups in total. The van der Waals surface area contributed by atoms with Gasteiger partial charge in [-0.05, 0) is 23.8 Å². The molecule has 1 atom stereocenters. The average molecular weight is 371 g/mol. The van der Waals surface area contributed by atoms with E-state index in [0.29, 0.717) is 10.0 Å². The highest BCUT2D eigenvalue weighted by molar-refractivity contribution is 9.10. The number of hydrogen-bond donors (Lipinski definition) is 3. The van der Waals surface area contributed by atoms with Crippen molar-refractivity contribution in [2.24, 2.45) is 0 Å². The first kappa shape index (κ1) is 16.0. The number of nitrogen functional groups attached to an aromatic ring is 1. The van der Waals surface area contributed by atoms with E-state index in [-0.39, 0.29) is 17.2 Å². The van der Waals surface area contributed by atoms with Gasteiger partial charge < -0.3 is 10.8 Å². The van der Waals surface area contributed by atoms with E-state index in [1.165, 1.54) is 12.1 Å². The number of sulfonamides is 1. The molecule has 0 aliphatic heterocycles. The summed E-state index contributed by atoms with van der Waals surface area (Å²) in [6, 6.07) is 12.7. The molecule has 7 heteroatoms. The molecule has 0 bridgehead atoms. The molecule has 5 nitrogen and oxygen atoms in total. The summed E-state index contributed by atoms with van der Waals surface area (Å²) in [6.07, 6.45) is 0. The lowest BCUT2D eigenvalue weighted by Gasteiger charge is -2.17. The maximum atomic E-state index is 12.4. The van der Waals surface area contributed by atoms with Crippen molar-refractivity contribution in [3.05, 3.63) is 58.6 Å². The Balaban J connectivity index is 2.34. The molecule has 0 unspecified atom stereocenters. The molecular weight excluding hydrogens is 356 g/mol. The molecular formula is C14H15BrN2O3S. The van der Waals surface area contributed by atoms with Crippen LogP contribution in [0, 0.1) is 0 Å². The van der Waals surface area contributed by atoms with Gasteiger partial charge in [-0.15, -0.1) is 0 Å².